The fraction of sp³-hybridized carbons (Fsp3) is 0.556. The third-order valence-corrected chi connectivity index (χ3v) is 7.08. The molecular formula is C18H22ClNO5S. The summed E-state index contributed by atoms with van der Waals surface area (Å²) in [7, 11) is -3.68. The van der Waals surface area contributed by atoms with Crippen LogP contribution in [-0.2, 0) is 19.6 Å². The normalized spacial score (nSPS) is 22.2. The lowest BCUT2D eigenvalue weighted by atomic mass is 9.96. The molecule has 1 aliphatic heterocycles. The number of rotatable bonds is 4. The molecule has 3 rings (SSSR count). The molecule has 142 valence electrons. The maximum absolute atomic E-state index is 12.8. The number of ketones is 1. The predicted octanol–water partition coefficient (Wildman–Crippen LogP) is 3.18. The molecule has 1 saturated heterocycles. The van der Waals surface area contributed by atoms with Gasteiger partial charge in [-0.2, -0.15) is 4.31 Å². The molecule has 0 aromatic heterocycles. The number of esters is 1. The molecule has 1 heterocycles. The van der Waals surface area contributed by atoms with E-state index in [2.05, 4.69) is 0 Å². The number of benzene rings is 1. The van der Waals surface area contributed by atoms with Gasteiger partial charge in [-0.1, -0.05) is 18.0 Å². The van der Waals surface area contributed by atoms with Gasteiger partial charge >= 0.3 is 5.97 Å². The van der Waals surface area contributed by atoms with Gasteiger partial charge < -0.3 is 4.74 Å². The second-order valence-corrected chi connectivity index (χ2v) is 9.06. The maximum atomic E-state index is 12.8. The number of halogens is 1. The second kappa shape index (κ2) is 8.06. The van der Waals surface area contributed by atoms with Crippen molar-refractivity contribution in [2.45, 2.75) is 55.9 Å². The molecule has 2 fully saturated rings. The maximum Gasteiger partial charge on any atom is 0.340 e. The van der Waals surface area contributed by atoms with Crippen LogP contribution in [-0.4, -0.2) is 43.7 Å². The van der Waals surface area contributed by atoms with Gasteiger partial charge in [-0.25, -0.2) is 13.2 Å². The number of nitrogens with zero attached hydrogens (tertiary/aromatic N) is 1. The van der Waals surface area contributed by atoms with E-state index >= 15 is 0 Å². The molecule has 8 heteroatoms. The zero-order chi connectivity index (χ0) is 18.7. The number of Topliss-reactive ketones (excluding diaryl/α,β-unsaturated/α-hetero) is 1. The van der Waals surface area contributed by atoms with Gasteiger partial charge in [0.05, 0.1) is 15.5 Å². The second-order valence-electron chi connectivity index (χ2n) is 6.71. The minimum absolute atomic E-state index is 0.0192. The van der Waals surface area contributed by atoms with Crippen molar-refractivity contribution in [3.63, 3.8) is 0 Å². The van der Waals surface area contributed by atoms with Crippen LogP contribution >= 0.6 is 11.6 Å². The van der Waals surface area contributed by atoms with E-state index in [4.69, 9.17) is 16.3 Å². The highest BCUT2D eigenvalue weighted by atomic mass is 35.5. The molecule has 0 amide bonds. The number of hydrogen-bond acceptors (Lipinski definition) is 5. The van der Waals surface area contributed by atoms with Crippen molar-refractivity contribution in [2.75, 3.05) is 13.1 Å². The van der Waals surface area contributed by atoms with Crippen molar-refractivity contribution in [1.29, 1.82) is 0 Å². The standard InChI is InChI=1S/C18H22ClNO5S/c19-15-9-8-13(26(23,24)20-10-4-1-5-11-20)12-14(15)18(22)25-17-7-3-2-6-16(17)21/h8-9,12,17H,1-7,10-11H2/t17-/m1/s1. The molecule has 0 N–H and O–H groups in total. The molecule has 1 aromatic rings. The summed E-state index contributed by atoms with van der Waals surface area (Å²) in [4.78, 5) is 24.4. The Balaban J connectivity index is 1.83. The molecule has 2 aliphatic rings. The van der Waals surface area contributed by atoms with Crippen LogP contribution < -0.4 is 0 Å². The molecule has 1 saturated carbocycles. The van der Waals surface area contributed by atoms with Crippen molar-refractivity contribution in [1.82, 2.24) is 4.31 Å². The van der Waals surface area contributed by atoms with Crippen LogP contribution in [0.4, 0.5) is 0 Å². The van der Waals surface area contributed by atoms with Crippen LogP contribution in [0.2, 0.25) is 5.02 Å². The largest absolute Gasteiger partial charge is 0.451 e. The van der Waals surface area contributed by atoms with Crippen LogP contribution in [0.25, 0.3) is 0 Å². The Kier molecular flexibility index (Phi) is 5.99. The lowest BCUT2D eigenvalue weighted by Crippen LogP contribution is -2.35. The summed E-state index contributed by atoms with van der Waals surface area (Å²) in [5, 5.41) is 0.107. The summed E-state index contributed by atoms with van der Waals surface area (Å²) in [5.74, 6) is -0.858. The summed E-state index contributed by atoms with van der Waals surface area (Å²) in [6, 6.07) is 4.04. The zero-order valence-corrected chi connectivity index (χ0v) is 16.0. The van der Waals surface area contributed by atoms with Crippen molar-refractivity contribution in [3.8, 4) is 0 Å². The van der Waals surface area contributed by atoms with Gasteiger partial charge in [0.25, 0.3) is 0 Å². The van der Waals surface area contributed by atoms with Crippen molar-refractivity contribution in [3.05, 3.63) is 28.8 Å². The first-order valence-electron chi connectivity index (χ1n) is 8.93. The van der Waals surface area contributed by atoms with Crippen LogP contribution in [0.5, 0.6) is 0 Å². The Labute approximate surface area is 158 Å². The molecule has 0 spiro atoms. The van der Waals surface area contributed by atoms with Crippen LogP contribution in [0.15, 0.2) is 23.1 Å². The average molecular weight is 400 g/mol. The van der Waals surface area contributed by atoms with E-state index in [0.29, 0.717) is 25.9 Å². The van der Waals surface area contributed by atoms with Gasteiger partial charge in [0.15, 0.2) is 11.9 Å². The Morgan fingerprint density at radius 1 is 1.12 bits per heavy atom. The summed E-state index contributed by atoms with van der Waals surface area (Å²) >= 11 is 6.09. The number of carbonyl (C=O) groups is 2. The third kappa shape index (κ3) is 4.10. The Hall–Kier alpha value is -1.44. The molecule has 1 atom stereocenters. The zero-order valence-electron chi connectivity index (χ0n) is 14.4. The minimum Gasteiger partial charge on any atom is -0.451 e. The molecule has 0 bridgehead atoms. The highest BCUT2D eigenvalue weighted by Crippen LogP contribution is 2.27. The fourth-order valence-corrected chi connectivity index (χ4v) is 5.08. The molecule has 6 nitrogen and oxygen atoms in total. The van der Waals surface area contributed by atoms with Gasteiger partial charge in [-0.3, -0.25) is 4.79 Å². The van der Waals surface area contributed by atoms with Crippen molar-refractivity contribution < 1.29 is 22.7 Å². The number of sulfonamides is 1. The van der Waals surface area contributed by atoms with E-state index < -0.39 is 22.1 Å². The minimum atomic E-state index is -3.68. The van der Waals surface area contributed by atoms with Gasteiger partial charge in [0, 0.05) is 19.5 Å². The first-order valence-corrected chi connectivity index (χ1v) is 10.7. The Morgan fingerprint density at radius 2 is 1.85 bits per heavy atom. The number of ether oxygens (including phenoxy) is 1. The molecule has 0 unspecified atom stereocenters. The summed E-state index contributed by atoms with van der Waals surface area (Å²) < 4.78 is 32.3. The van der Waals surface area contributed by atoms with Gasteiger partial charge in [0.1, 0.15) is 0 Å². The summed E-state index contributed by atoms with van der Waals surface area (Å²) in [6.45, 7) is 0.947. The van der Waals surface area contributed by atoms with Gasteiger partial charge in [-0.15, -0.1) is 0 Å². The SMILES string of the molecule is O=C(O[C@@H]1CCCCC1=O)c1cc(S(=O)(=O)N2CCCCC2)ccc1Cl. The van der Waals surface area contributed by atoms with Crippen molar-refractivity contribution in [2.24, 2.45) is 0 Å². The lowest BCUT2D eigenvalue weighted by molar-refractivity contribution is -0.129. The Morgan fingerprint density at radius 3 is 2.54 bits per heavy atom. The first-order chi connectivity index (χ1) is 12.4. The smallest absolute Gasteiger partial charge is 0.340 e. The van der Waals surface area contributed by atoms with Crippen molar-refractivity contribution >= 4 is 33.4 Å². The summed E-state index contributed by atoms with van der Waals surface area (Å²) in [5.41, 5.74) is -0.0249. The lowest BCUT2D eigenvalue weighted by Gasteiger charge is -2.26. The van der Waals surface area contributed by atoms with E-state index in [1.165, 1.54) is 22.5 Å². The van der Waals surface area contributed by atoms with E-state index in [-0.39, 0.29) is 21.3 Å². The fourth-order valence-electron chi connectivity index (χ4n) is 3.34. The molecule has 0 radical (unpaired) electrons. The van der Waals surface area contributed by atoms with E-state index in [1.807, 2.05) is 0 Å². The molecule has 26 heavy (non-hydrogen) atoms. The van der Waals surface area contributed by atoms with Crippen LogP contribution in [0, 0.1) is 0 Å². The number of piperidine rings is 1. The molecule has 1 aliphatic carbocycles. The highest BCUT2D eigenvalue weighted by Gasteiger charge is 2.30. The Bertz CT molecular complexity index is 802. The van der Waals surface area contributed by atoms with E-state index in [0.717, 1.165) is 32.1 Å². The topological polar surface area (TPSA) is 80.8 Å². The predicted molar refractivity (Wildman–Crippen MR) is 96.7 cm³/mol. The van der Waals surface area contributed by atoms with Gasteiger partial charge in [-0.05, 0) is 50.3 Å². The number of carbonyl (C=O) groups excluding carboxylic acids is 2. The molecular weight excluding hydrogens is 378 g/mol. The molecule has 1 aromatic carbocycles. The third-order valence-electron chi connectivity index (χ3n) is 4.86. The first kappa shape index (κ1) is 19.3. The van der Waals surface area contributed by atoms with Crippen LogP contribution in [0.1, 0.15) is 55.3 Å². The van der Waals surface area contributed by atoms with Crippen LogP contribution in [0.3, 0.4) is 0 Å². The average Bonchev–Trinajstić information content (AvgIpc) is 2.64. The van der Waals surface area contributed by atoms with E-state index in [1.54, 1.807) is 0 Å². The van der Waals surface area contributed by atoms with Gasteiger partial charge in [0.2, 0.25) is 10.0 Å². The summed E-state index contributed by atoms with van der Waals surface area (Å²) in [6.07, 6.45) is 4.41. The quantitative estimate of drug-likeness (QED) is 0.726. The highest BCUT2D eigenvalue weighted by molar-refractivity contribution is 7.89. The van der Waals surface area contributed by atoms with E-state index in [9.17, 15) is 18.0 Å². The number of hydrogen-bond donors (Lipinski definition) is 0. The monoisotopic (exact) mass is 399 g/mol.